The number of nitrogens with two attached hydrogens (primary N) is 1. The number of rotatable bonds is 1. The second-order valence-corrected chi connectivity index (χ2v) is 3.56. The van der Waals surface area contributed by atoms with Crippen LogP contribution in [-0.4, -0.2) is 0 Å². The van der Waals surface area contributed by atoms with Gasteiger partial charge in [-0.25, -0.2) is 0 Å². The molecule has 60 valence electrons. The molecule has 0 radical (unpaired) electrons. The molecule has 0 saturated heterocycles. The predicted octanol–water partition coefficient (Wildman–Crippen LogP) is 3.08. The van der Waals surface area contributed by atoms with Crippen molar-refractivity contribution in [1.82, 2.24) is 0 Å². The van der Waals surface area contributed by atoms with E-state index in [1.165, 1.54) is 0 Å². The lowest BCUT2D eigenvalue weighted by atomic mass is 10.1. The Morgan fingerprint density at radius 3 is 2.73 bits per heavy atom. The predicted molar refractivity (Wildman–Crippen MR) is 52.8 cm³/mol. The van der Waals surface area contributed by atoms with Crippen LogP contribution in [0.4, 0.5) is 5.69 Å². The summed E-state index contributed by atoms with van der Waals surface area (Å²) in [5, 5.41) is 0. The molecule has 0 aliphatic carbocycles. The van der Waals surface area contributed by atoms with Crippen LogP contribution in [0.15, 0.2) is 16.6 Å². The van der Waals surface area contributed by atoms with E-state index in [0.29, 0.717) is 5.88 Å². The molecular weight excluding hydrogens is 225 g/mol. The molecule has 0 bridgehead atoms. The molecule has 0 aliphatic heterocycles. The van der Waals surface area contributed by atoms with E-state index in [-0.39, 0.29) is 0 Å². The van der Waals surface area contributed by atoms with Crippen molar-refractivity contribution in [3.8, 4) is 0 Å². The Balaban J connectivity index is 3.21. The number of anilines is 1. The van der Waals surface area contributed by atoms with Crippen LogP contribution in [0, 0.1) is 6.92 Å². The van der Waals surface area contributed by atoms with Gasteiger partial charge in [0.2, 0.25) is 0 Å². The highest BCUT2D eigenvalue weighted by Gasteiger charge is 2.01. The molecule has 0 aliphatic rings. The van der Waals surface area contributed by atoms with Gasteiger partial charge < -0.3 is 5.73 Å². The van der Waals surface area contributed by atoms with Gasteiger partial charge in [0.1, 0.15) is 0 Å². The first-order valence-corrected chi connectivity index (χ1v) is 4.58. The van der Waals surface area contributed by atoms with Gasteiger partial charge in [0.05, 0.1) is 0 Å². The minimum absolute atomic E-state index is 0.463. The minimum Gasteiger partial charge on any atom is -0.398 e. The van der Waals surface area contributed by atoms with Gasteiger partial charge in [0, 0.05) is 16.0 Å². The van der Waals surface area contributed by atoms with Crippen molar-refractivity contribution in [3.05, 3.63) is 27.7 Å². The Bertz CT molecular complexity index is 273. The van der Waals surface area contributed by atoms with Crippen molar-refractivity contribution in [2.45, 2.75) is 12.8 Å². The van der Waals surface area contributed by atoms with Crippen LogP contribution in [0.2, 0.25) is 0 Å². The first kappa shape index (κ1) is 8.88. The van der Waals surface area contributed by atoms with Crippen LogP contribution in [-0.2, 0) is 5.88 Å². The summed E-state index contributed by atoms with van der Waals surface area (Å²) in [6, 6.07) is 3.87. The number of aryl methyl sites for hydroxylation is 1. The fraction of sp³-hybridized carbons (Fsp3) is 0.250. The molecule has 1 aromatic carbocycles. The van der Waals surface area contributed by atoms with E-state index >= 15 is 0 Å². The maximum atomic E-state index is 5.70. The molecule has 0 spiro atoms. The lowest BCUT2D eigenvalue weighted by molar-refractivity contribution is 1.34. The molecule has 0 saturated carbocycles. The largest absolute Gasteiger partial charge is 0.398 e. The van der Waals surface area contributed by atoms with E-state index in [9.17, 15) is 0 Å². The van der Waals surface area contributed by atoms with Crippen molar-refractivity contribution >= 4 is 33.2 Å². The number of halogens is 2. The van der Waals surface area contributed by atoms with Gasteiger partial charge in [-0.3, -0.25) is 0 Å². The number of nitrogen functional groups attached to an aromatic ring is 1. The lowest BCUT2D eigenvalue weighted by Crippen LogP contribution is -1.93. The average molecular weight is 235 g/mol. The van der Waals surface area contributed by atoms with Crippen LogP contribution in [0.1, 0.15) is 11.1 Å². The second-order valence-electron chi connectivity index (χ2n) is 2.43. The smallest absolute Gasteiger partial charge is 0.0494 e. The molecule has 2 N–H and O–H groups in total. The molecule has 1 aromatic rings. The Morgan fingerprint density at radius 2 is 2.18 bits per heavy atom. The molecule has 11 heavy (non-hydrogen) atoms. The first-order chi connectivity index (χ1) is 5.15. The number of hydrogen-bond donors (Lipinski definition) is 1. The molecule has 0 unspecified atom stereocenters. The normalized spacial score (nSPS) is 10.1. The summed E-state index contributed by atoms with van der Waals surface area (Å²) in [6.07, 6.45) is 0. The summed E-state index contributed by atoms with van der Waals surface area (Å²) >= 11 is 9.06. The van der Waals surface area contributed by atoms with Crippen molar-refractivity contribution in [3.63, 3.8) is 0 Å². The third kappa shape index (κ3) is 1.88. The average Bonchev–Trinajstić information content (AvgIpc) is 1.97. The molecule has 0 heterocycles. The van der Waals surface area contributed by atoms with E-state index in [1.807, 2.05) is 19.1 Å². The highest BCUT2D eigenvalue weighted by molar-refractivity contribution is 9.10. The number of benzene rings is 1. The quantitative estimate of drug-likeness (QED) is 0.586. The first-order valence-electron chi connectivity index (χ1n) is 3.25. The van der Waals surface area contributed by atoms with Gasteiger partial charge in [0.25, 0.3) is 0 Å². The zero-order valence-electron chi connectivity index (χ0n) is 6.20. The zero-order valence-corrected chi connectivity index (χ0v) is 8.54. The van der Waals surface area contributed by atoms with E-state index in [2.05, 4.69) is 15.9 Å². The summed E-state index contributed by atoms with van der Waals surface area (Å²) in [7, 11) is 0. The lowest BCUT2D eigenvalue weighted by Gasteiger charge is -2.04. The van der Waals surface area contributed by atoms with Crippen molar-refractivity contribution in [1.29, 1.82) is 0 Å². The van der Waals surface area contributed by atoms with Gasteiger partial charge in [-0.1, -0.05) is 15.9 Å². The van der Waals surface area contributed by atoms with Gasteiger partial charge >= 0.3 is 0 Å². The topological polar surface area (TPSA) is 26.0 Å². The minimum atomic E-state index is 0.463. The van der Waals surface area contributed by atoms with Crippen LogP contribution in [0.5, 0.6) is 0 Å². The van der Waals surface area contributed by atoms with Gasteiger partial charge in [0.15, 0.2) is 0 Å². The van der Waals surface area contributed by atoms with Gasteiger partial charge in [-0.15, -0.1) is 11.6 Å². The summed E-state index contributed by atoms with van der Waals surface area (Å²) in [5.41, 5.74) is 8.57. The fourth-order valence-electron chi connectivity index (χ4n) is 0.861. The maximum absolute atomic E-state index is 5.70. The van der Waals surface area contributed by atoms with E-state index in [1.54, 1.807) is 0 Å². The van der Waals surface area contributed by atoms with Crippen molar-refractivity contribution in [2.24, 2.45) is 0 Å². The summed E-state index contributed by atoms with van der Waals surface area (Å²) in [5.74, 6) is 0.463. The van der Waals surface area contributed by atoms with Gasteiger partial charge in [-0.05, 0) is 30.2 Å². The number of alkyl halides is 1. The molecular formula is C8H9BrClN. The van der Waals surface area contributed by atoms with Crippen molar-refractivity contribution in [2.75, 3.05) is 5.73 Å². The summed E-state index contributed by atoms with van der Waals surface area (Å²) in [6.45, 7) is 2.00. The summed E-state index contributed by atoms with van der Waals surface area (Å²) < 4.78 is 1.06. The van der Waals surface area contributed by atoms with Crippen LogP contribution >= 0.6 is 27.5 Å². The van der Waals surface area contributed by atoms with Crippen LogP contribution in [0.25, 0.3) is 0 Å². The maximum Gasteiger partial charge on any atom is 0.0494 e. The highest BCUT2D eigenvalue weighted by Crippen LogP contribution is 2.23. The Hall–Kier alpha value is -0.210. The van der Waals surface area contributed by atoms with E-state index in [0.717, 1.165) is 21.3 Å². The second kappa shape index (κ2) is 3.46. The summed E-state index contributed by atoms with van der Waals surface area (Å²) in [4.78, 5) is 0. The molecule has 3 heteroatoms. The molecule has 1 rings (SSSR count). The highest BCUT2D eigenvalue weighted by atomic mass is 79.9. The Labute approximate surface area is 79.7 Å². The molecule has 0 atom stereocenters. The third-order valence-corrected chi connectivity index (χ3v) is 2.71. The van der Waals surface area contributed by atoms with E-state index < -0.39 is 0 Å². The Morgan fingerprint density at radius 1 is 1.55 bits per heavy atom. The molecule has 0 amide bonds. The standard InChI is InChI=1S/C8H9BrClN/c1-5-2-8(11)6(4-10)3-7(5)9/h2-3H,4,11H2,1H3. The van der Waals surface area contributed by atoms with Crippen molar-refractivity contribution < 1.29 is 0 Å². The Kier molecular flexibility index (Phi) is 2.79. The molecule has 1 nitrogen and oxygen atoms in total. The fourth-order valence-corrected chi connectivity index (χ4v) is 1.48. The molecule has 0 aromatic heterocycles. The molecule has 0 fully saturated rings. The SMILES string of the molecule is Cc1cc(N)c(CCl)cc1Br. The monoisotopic (exact) mass is 233 g/mol. The third-order valence-electron chi connectivity index (χ3n) is 1.56. The van der Waals surface area contributed by atoms with Crippen LogP contribution in [0.3, 0.4) is 0 Å². The van der Waals surface area contributed by atoms with Crippen LogP contribution < -0.4 is 5.73 Å². The van der Waals surface area contributed by atoms with Gasteiger partial charge in [-0.2, -0.15) is 0 Å². The zero-order chi connectivity index (χ0) is 8.43. The number of hydrogen-bond acceptors (Lipinski definition) is 1. The van der Waals surface area contributed by atoms with E-state index in [4.69, 9.17) is 17.3 Å².